The highest BCUT2D eigenvalue weighted by Gasteiger charge is 2.13. The third-order valence-electron chi connectivity index (χ3n) is 3.62. The number of hydrazine groups is 1. The van der Waals surface area contributed by atoms with Gasteiger partial charge in [0.25, 0.3) is 11.8 Å². The van der Waals surface area contributed by atoms with Gasteiger partial charge in [-0.2, -0.15) is 0 Å². The molecular weight excluding hydrogens is 384 g/mol. The van der Waals surface area contributed by atoms with E-state index in [0.29, 0.717) is 11.3 Å². The molecule has 0 aliphatic carbocycles. The Morgan fingerprint density at radius 2 is 1.80 bits per heavy atom. The second-order valence-electron chi connectivity index (χ2n) is 5.95. The number of aryl methyl sites for hydroxylation is 1. The molecule has 0 heterocycles. The Morgan fingerprint density at radius 3 is 2.44 bits per heavy atom. The van der Waals surface area contributed by atoms with Gasteiger partial charge in [-0.3, -0.25) is 20.4 Å². The third-order valence-corrected chi connectivity index (χ3v) is 4.48. The lowest BCUT2D eigenvalue weighted by atomic mass is 10.0. The largest absolute Gasteiger partial charge is 0.483 e. The number of nitrogens with one attached hydrogen (secondary N) is 2. The number of carbonyl (C=O) groups excluding carboxylic acids is 2. The van der Waals surface area contributed by atoms with Crippen molar-refractivity contribution in [2.24, 2.45) is 0 Å². The molecule has 0 spiro atoms. The van der Waals surface area contributed by atoms with Crippen molar-refractivity contribution in [1.29, 1.82) is 0 Å². The highest BCUT2D eigenvalue weighted by atomic mass is 79.9. The molecule has 5 nitrogen and oxygen atoms in total. The van der Waals surface area contributed by atoms with Gasteiger partial charge >= 0.3 is 0 Å². The molecule has 25 heavy (non-hydrogen) atoms. The van der Waals surface area contributed by atoms with Crippen molar-refractivity contribution in [2.75, 3.05) is 6.61 Å². The molecule has 2 aromatic rings. The van der Waals surface area contributed by atoms with Crippen LogP contribution in [0.1, 0.15) is 41.3 Å². The molecule has 0 saturated carbocycles. The third kappa shape index (κ3) is 5.32. The monoisotopic (exact) mass is 404 g/mol. The summed E-state index contributed by atoms with van der Waals surface area (Å²) in [5.41, 5.74) is 7.22. The van der Waals surface area contributed by atoms with Crippen LogP contribution in [0.5, 0.6) is 5.75 Å². The van der Waals surface area contributed by atoms with Crippen molar-refractivity contribution in [2.45, 2.75) is 26.7 Å². The fourth-order valence-corrected chi connectivity index (χ4v) is 2.58. The number of amides is 2. The second-order valence-corrected chi connectivity index (χ2v) is 6.81. The Labute approximate surface area is 155 Å². The average Bonchev–Trinajstić information content (AvgIpc) is 2.60. The maximum Gasteiger partial charge on any atom is 0.276 e. The van der Waals surface area contributed by atoms with Crippen LogP contribution in [0.3, 0.4) is 0 Å². The highest BCUT2D eigenvalue weighted by molar-refractivity contribution is 9.10. The molecule has 2 rings (SSSR count). The zero-order chi connectivity index (χ0) is 18.4. The lowest BCUT2D eigenvalue weighted by Crippen LogP contribution is -2.43. The fraction of sp³-hybridized carbons (Fsp3) is 0.263. The van der Waals surface area contributed by atoms with E-state index >= 15 is 0 Å². The molecule has 0 unspecified atom stereocenters. The number of rotatable bonds is 5. The number of ether oxygens (including phenoxy) is 1. The first-order chi connectivity index (χ1) is 11.9. The topological polar surface area (TPSA) is 67.4 Å². The number of halogens is 1. The van der Waals surface area contributed by atoms with Crippen LogP contribution in [0.2, 0.25) is 0 Å². The summed E-state index contributed by atoms with van der Waals surface area (Å²) in [5, 5.41) is 0. The quantitative estimate of drug-likeness (QED) is 0.746. The Bertz CT molecular complexity index is 761. The van der Waals surface area contributed by atoms with Gasteiger partial charge in [0.2, 0.25) is 0 Å². The minimum atomic E-state index is -0.431. The number of benzene rings is 2. The first-order valence-corrected chi connectivity index (χ1v) is 8.75. The SMILES string of the molecule is Cc1cc(OCC(=O)NNC(=O)c2ccccc2)c(C(C)C)cc1Br. The molecule has 2 aromatic carbocycles. The van der Waals surface area contributed by atoms with E-state index in [-0.39, 0.29) is 18.4 Å². The van der Waals surface area contributed by atoms with Crippen molar-refractivity contribution in [3.63, 3.8) is 0 Å². The first kappa shape index (κ1) is 19.0. The van der Waals surface area contributed by atoms with E-state index in [4.69, 9.17) is 4.74 Å². The Morgan fingerprint density at radius 1 is 1.12 bits per heavy atom. The lowest BCUT2D eigenvalue weighted by Gasteiger charge is -2.16. The van der Waals surface area contributed by atoms with Gasteiger partial charge in [0.1, 0.15) is 5.75 Å². The molecule has 0 saturated heterocycles. The molecule has 0 atom stereocenters. The second kappa shape index (κ2) is 8.67. The smallest absolute Gasteiger partial charge is 0.276 e. The fourth-order valence-electron chi connectivity index (χ4n) is 2.21. The van der Waals surface area contributed by atoms with E-state index in [2.05, 4.69) is 40.6 Å². The molecule has 6 heteroatoms. The summed E-state index contributed by atoms with van der Waals surface area (Å²) in [5.74, 6) is 0.115. The van der Waals surface area contributed by atoms with Crippen molar-refractivity contribution < 1.29 is 14.3 Å². The predicted molar refractivity (Wildman–Crippen MR) is 101 cm³/mol. The number of hydrogen-bond acceptors (Lipinski definition) is 3. The van der Waals surface area contributed by atoms with Crippen molar-refractivity contribution in [1.82, 2.24) is 10.9 Å². The summed E-state index contributed by atoms with van der Waals surface area (Å²) in [6, 6.07) is 12.6. The van der Waals surface area contributed by atoms with Crippen LogP contribution in [0.4, 0.5) is 0 Å². The normalized spacial score (nSPS) is 10.4. The summed E-state index contributed by atoms with van der Waals surface area (Å²) >= 11 is 3.51. The van der Waals surface area contributed by atoms with Gasteiger partial charge in [-0.1, -0.05) is 48.0 Å². The average molecular weight is 405 g/mol. The number of hydrogen-bond donors (Lipinski definition) is 2. The Kier molecular flexibility index (Phi) is 6.58. The van der Waals surface area contributed by atoms with E-state index < -0.39 is 5.91 Å². The molecule has 0 aliphatic rings. The maximum atomic E-state index is 11.9. The van der Waals surface area contributed by atoms with Gasteiger partial charge in [0, 0.05) is 10.0 Å². The minimum absolute atomic E-state index is 0.185. The standard InChI is InChI=1S/C19H21BrN2O3/c1-12(2)15-10-16(20)13(3)9-17(15)25-11-18(23)21-22-19(24)14-7-5-4-6-8-14/h4-10,12H,11H2,1-3H3,(H,21,23)(H,22,24). The molecule has 0 aromatic heterocycles. The molecule has 0 aliphatic heterocycles. The lowest BCUT2D eigenvalue weighted by molar-refractivity contribution is -0.123. The van der Waals surface area contributed by atoms with Gasteiger partial charge in [-0.25, -0.2) is 0 Å². The van der Waals surface area contributed by atoms with Crippen LogP contribution in [0.15, 0.2) is 46.9 Å². The highest BCUT2D eigenvalue weighted by Crippen LogP contribution is 2.32. The molecule has 132 valence electrons. The summed E-state index contributed by atoms with van der Waals surface area (Å²) in [6.45, 7) is 5.89. The zero-order valence-corrected chi connectivity index (χ0v) is 16.0. The molecular formula is C19H21BrN2O3. The van der Waals surface area contributed by atoms with E-state index in [1.54, 1.807) is 24.3 Å². The van der Waals surface area contributed by atoms with E-state index in [0.717, 1.165) is 15.6 Å². The molecule has 0 bridgehead atoms. The van der Waals surface area contributed by atoms with Gasteiger partial charge in [-0.05, 0) is 48.2 Å². The van der Waals surface area contributed by atoms with Crippen LogP contribution in [0.25, 0.3) is 0 Å². The first-order valence-electron chi connectivity index (χ1n) is 7.95. The molecule has 0 radical (unpaired) electrons. The maximum absolute atomic E-state index is 11.9. The zero-order valence-electron chi connectivity index (χ0n) is 14.4. The molecule has 2 N–H and O–H groups in total. The van der Waals surface area contributed by atoms with Gasteiger partial charge in [0.05, 0.1) is 0 Å². The van der Waals surface area contributed by atoms with E-state index in [1.807, 2.05) is 25.1 Å². The minimum Gasteiger partial charge on any atom is -0.483 e. The van der Waals surface area contributed by atoms with E-state index in [1.165, 1.54) is 0 Å². The van der Waals surface area contributed by atoms with Gasteiger partial charge in [-0.15, -0.1) is 0 Å². The summed E-state index contributed by atoms with van der Waals surface area (Å²) in [7, 11) is 0. The molecule has 0 fully saturated rings. The van der Waals surface area contributed by atoms with Crippen LogP contribution in [-0.4, -0.2) is 18.4 Å². The van der Waals surface area contributed by atoms with E-state index in [9.17, 15) is 9.59 Å². The van der Waals surface area contributed by atoms with Crippen molar-refractivity contribution in [3.05, 3.63) is 63.6 Å². The predicted octanol–water partition coefficient (Wildman–Crippen LogP) is 3.72. The summed E-state index contributed by atoms with van der Waals surface area (Å²) in [6.07, 6.45) is 0. The van der Waals surface area contributed by atoms with Crippen LogP contribution >= 0.6 is 15.9 Å². The Balaban J connectivity index is 1.92. The van der Waals surface area contributed by atoms with Gasteiger partial charge < -0.3 is 4.74 Å². The van der Waals surface area contributed by atoms with Crippen LogP contribution in [0, 0.1) is 6.92 Å². The molecule has 2 amide bonds. The summed E-state index contributed by atoms with van der Waals surface area (Å²) in [4.78, 5) is 23.8. The number of carbonyl (C=O) groups is 2. The summed E-state index contributed by atoms with van der Waals surface area (Å²) < 4.78 is 6.65. The van der Waals surface area contributed by atoms with Gasteiger partial charge in [0.15, 0.2) is 6.61 Å². The Hall–Kier alpha value is -2.34. The van der Waals surface area contributed by atoms with Crippen LogP contribution in [-0.2, 0) is 4.79 Å². The van der Waals surface area contributed by atoms with Crippen molar-refractivity contribution in [3.8, 4) is 5.75 Å². The van der Waals surface area contributed by atoms with Crippen molar-refractivity contribution >= 4 is 27.7 Å². The van der Waals surface area contributed by atoms with Crippen LogP contribution < -0.4 is 15.6 Å².